The number of hydrogen-bond donors (Lipinski definition) is 2. The second-order valence-electron chi connectivity index (χ2n) is 7.95. The highest BCUT2D eigenvalue weighted by molar-refractivity contribution is 14.0. The SMILES string of the molecule is I.c1coc(CCNC(=NCCCOCC2CCOCC2)NC2CCCCC2)c1. The minimum Gasteiger partial charge on any atom is -0.469 e. The minimum atomic E-state index is 0. The average Bonchev–Trinajstić information content (AvgIpc) is 3.25. The van der Waals surface area contributed by atoms with Crippen LogP contribution in [0.3, 0.4) is 0 Å². The van der Waals surface area contributed by atoms with Crippen LogP contribution >= 0.6 is 24.0 Å². The first-order valence-electron chi connectivity index (χ1n) is 11.1. The van der Waals surface area contributed by atoms with Gasteiger partial charge in [-0.15, -0.1) is 24.0 Å². The summed E-state index contributed by atoms with van der Waals surface area (Å²) in [5.74, 6) is 2.61. The van der Waals surface area contributed by atoms with Gasteiger partial charge in [0.25, 0.3) is 0 Å². The van der Waals surface area contributed by atoms with E-state index in [-0.39, 0.29) is 24.0 Å². The Kier molecular flexibility index (Phi) is 12.7. The van der Waals surface area contributed by atoms with E-state index in [4.69, 9.17) is 18.9 Å². The predicted octanol–water partition coefficient (Wildman–Crippen LogP) is 4.14. The maximum absolute atomic E-state index is 5.86. The summed E-state index contributed by atoms with van der Waals surface area (Å²) in [6, 6.07) is 4.50. The van der Waals surface area contributed by atoms with Gasteiger partial charge in [-0.3, -0.25) is 4.99 Å². The summed E-state index contributed by atoms with van der Waals surface area (Å²) in [4.78, 5) is 4.78. The molecule has 29 heavy (non-hydrogen) atoms. The fraction of sp³-hybridized carbons (Fsp3) is 0.773. The van der Waals surface area contributed by atoms with Gasteiger partial charge in [0.2, 0.25) is 0 Å². The second kappa shape index (κ2) is 15.1. The van der Waals surface area contributed by atoms with Crippen LogP contribution in [-0.2, 0) is 15.9 Å². The maximum atomic E-state index is 5.86. The lowest BCUT2D eigenvalue weighted by molar-refractivity contribution is 0.0205. The van der Waals surface area contributed by atoms with Crippen LogP contribution < -0.4 is 10.6 Å². The zero-order valence-electron chi connectivity index (χ0n) is 17.6. The highest BCUT2D eigenvalue weighted by Crippen LogP contribution is 2.17. The zero-order valence-corrected chi connectivity index (χ0v) is 19.9. The molecule has 0 atom stereocenters. The lowest BCUT2D eigenvalue weighted by atomic mass is 9.96. The Morgan fingerprint density at radius 1 is 1.14 bits per heavy atom. The zero-order chi connectivity index (χ0) is 19.3. The number of furan rings is 1. The molecule has 0 bridgehead atoms. The molecule has 1 aromatic heterocycles. The van der Waals surface area contributed by atoms with Crippen LogP contribution in [0.5, 0.6) is 0 Å². The van der Waals surface area contributed by atoms with Crippen LogP contribution in [0.15, 0.2) is 27.8 Å². The van der Waals surface area contributed by atoms with E-state index in [1.165, 1.54) is 32.1 Å². The molecule has 1 aliphatic carbocycles. The quantitative estimate of drug-likeness (QED) is 0.211. The molecule has 0 spiro atoms. The fourth-order valence-electron chi connectivity index (χ4n) is 3.87. The van der Waals surface area contributed by atoms with E-state index in [1.54, 1.807) is 6.26 Å². The number of rotatable bonds is 10. The topological polar surface area (TPSA) is 68.0 Å². The Morgan fingerprint density at radius 3 is 2.72 bits per heavy atom. The Bertz CT molecular complexity index is 542. The van der Waals surface area contributed by atoms with Crippen LogP contribution in [0.4, 0.5) is 0 Å². The van der Waals surface area contributed by atoms with Gasteiger partial charge in [-0.25, -0.2) is 0 Å². The molecule has 1 saturated carbocycles. The van der Waals surface area contributed by atoms with Crippen molar-refractivity contribution in [2.45, 2.75) is 63.8 Å². The molecule has 2 N–H and O–H groups in total. The minimum absolute atomic E-state index is 0. The number of nitrogens with zero attached hydrogens (tertiary/aromatic N) is 1. The summed E-state index contributed by atoms with van der Waals surface area (Å²) in [6.45, 7) is 5.03. The van der Waals surface area contributed by atoms with Crippen molar-refractivity contribution in [3.8, 4) is 0 Å². The molecular weight excluding hydrogens is 481 g/mol. The van der Waals surface area contributed by atoms with Gasteiger partial charge in [0.15, 0.2) is 5.96 Å². The summed E-state index contributed by atoms with van der Waals surface area (Å²) < 4.78 is 16.7. The van der Waals surface area contributed by atoms with Crippen molar-refractivity contribution in [2.75, 3.05) is 39.5 Å². The molecule has 6 nitrogen and oxygen atoms in total. The molecular formula is C22H38IN3O3. The van der Waals surface area contributed by atoms with Gasteiger partial charge in [0.1, 0.15) is 5.76 Å². The van der Waals surface area contributed by atoms with Crippen molar-refractivity contribution >= 4 is 29.9 Å². The molecule has 1 aliphatic heterocycles. The molecule has 166 valence electrons. The van der Waals surface area contributed by atoms with E-state index in [9.17, 15) is 0 Å². The fourth-order valence-corrected chi connectivity index (χ4v) is 3.87. The van der Waals surface area contributed by atoms with Crippen molar-refractivity contribution in [3.63, 3.8) is 0 Å². The summed E-state index contributed by atoms with van der Waals surface area (Å²) >= 11 is 0. The average molecular weight is 519 g/mol. The van der Waals surface area contributed by atoms with Crippen molar-refractivity contribution < 1.29 is 13.9 Å². The standard InChI is InChI=1S/C22H37N3O3.HI/c1-2-6-20(7-3-1)25-22(24-13-9-21-8-4-15-28-21)23-12-5-14-27-18-19-10-16-26-17-11-19;/h4,8,15,19-20H,1-3,5-7,9-14,16-18H2,(H2,23,24,25);1H. The molecule has 2 aliphatic rings. The van der Waals surface area contributed by atoms with E-state index < -0.39 is 0 Å². The van der Waals surface area contributed by atoms with E-state index >= 15 is 0 Å². The Morgan fingerprint density at radius 2 is 1.97 bits per heavy atom. The molecule has 1 saturated heterocycles. The molecule has 2 heterocycles. The molecule has 1 aromatic rings. The normalized spacial score (nSPS) is 19.0. The van der Waals surface area contributed by atoms with Crippen LogP contribution in [0.2, 0.25) is 0 Å². The third kappa shape index (κ3) is 10.2. The van der Waals surface area contributed by atoms with Gasteiger partial charge >= 0.3 is 0 Å². The van der Waals surface area contributed by atoms with Gasteiger partial charge in [-0.05, 0) is 50.2 Å². The first kappa shape index (κ1) is 24.5. The van der Waals surface area contributed by atoms with Gasteiger partial charge in [-0.1, -0.05) is 19.3 Å². The van der Waals surface area contributed by atoms with Gasteiger partial charge in [-0.2, -0.15) is 0 Å². The van der Waals surface area contributed by atoms with E-state index in [1.807, 2.05) is 12.1 Å². The smallest absolute Gasteiger partial charge is 0.191 e. The molecule has 7 heteroatoms. The number of guanidine groups is 1. The van der Waals surface area contributed by atoms with E-state index in [0.717, 1.165) is 76.9 Å². The summed E-state index contributed by atoms with van der Waals surface area (Å²) in [5.41, 5.74) is 0. The first-order chi connectivity index (χ1) is 13.9. The van der Waals surface area contributed by atoms with Crippen LogP contribution in [0.25, 0.3) is 0 Å². The molecule has 3 rings (SSSR count). The summed E-state index contributed by atoms with van der Waals surface area (Å²) in [5, 5.41) is 7.10. The van der Waals surface area contributed by atoms with Crippen molar-refractivity contribution in [3.05, 3.63) is 24.2 Å². The second-order valence-corrected chi connectivity index (χ2v) is 7.95. The number of ether oxygens (including phenoxy) is 2. The third-order valence-corrected chi connectivity index (χ3v) is 5.60. The number of hydrogen-bond acceptors (Lipinski definition) is 4. The summed E-state index contributed by atoms with van der Waals surface area (Å²) in [6.07, 6.45) is 12.3. The highest BCUT2D eigenvalue weighted by Gasteiger charge is 2.15. The largest absolute Gasteiger partial charge is 0.469 e. The number of halogens is 1. The maximum Gasteiger partial charge on any atom is 0.191 e. The number of aliphatic imine (C=N–C) groups is 1. The van der Waals surface area contributed by atoms with Crippen LogP contribution in [0.1, 0.15) is 57.1 Å². The van der Waals surface area contributed by atoms with Gasteiger partial charge in [0.05, 0.1) is 6.26 Å². The van der Waals surface area contributed by atoms with Crippen LogP contribution in [0, 0.1) is 5.92 Å². The van der Waals surface area contributed by atoms with Crippen LogP contribution in [-0.4, -0.2) is 51.5 Å². The van der Waals surface area contributed by atoms with Gasteiger partial charge in [0, 0.05) is 52.0 Å². The molecule has 0 amide bonds. The van der Waals surface area contributed by atoms with E-state index in [0.29, 0.717) is 12.0 Å². The Hall–Kier alpha value is -0.800. The van der Waals surface area contributed by atoms with E-state index in [2.05, 4.69) is 10.6 Å². The van der Waals surface area contributed by atoms with Crippen molar-refractivity contribution in [1.29, 1.82) is 0 Å². The predicted molar refractivity (Wildman–Crippen MR) is 127 cm³/mol. The molecule has 0 unspecified atom stereocenters. The number of nitrogens with one attached hydrogen (secondary N) is 2. The third-order valence-electron chi connectivity index (χ3n) is 5.60. The monoisotopic (exact) mass is 519 g/mol. The van der Waals surface area contributed by atoms with Crippen molar-refractivity contribution in [1.82, 2.24) is 10.6 Å². The molecule has 2 fully saturated rings. The molecule has 0 radical (unpaired) electrons. The van der Waals surface area contributed by atoms with Crippen molar-refractivity contribution in [2.24, 2.45) is 10.9 Å². The Labute approximate surface area is 192 Å². The highest BCUT2D eigenvalue weighted by atomic mass is 127. The summed E-state index contributed by atoms with van der Waals surface area (Å²) in [7, 11) is 0. The molecule has 0 aromatic carbocycles. The lowest BCUT2D eigenvalue weighted by Gasteiger charge is -2.25. The first-order valence-corrected chi connectivity index (χ1v) is 11.1. The van der Waals surface area contributed by atoms with Gasteiger partial charge < -0.3 is 24.5 Å². The lowest BCUT2D eigenvalue weighted by Crippen LogP contribution is -2.45. The Balaban J connectivity index is 0.00000300.